The Morgan fingerprint density at radius 2 is 1.52 bits per heavy atom. The molecule has 0 heterocycles. The van der Waals surface area contributed by atoms with Crippen molar-refractivity contribution in [3.05, 3.63) is 39.9 Å². The molecule has 118 valence electrons. The number of aliphatic hydroxyl groups excluding tert-OH is 1. The van der Waals surface area contributed by atoms with Crippen LogP contribution in [0, 0.1) is 10.1 Å². The SMILES string of the molecule is O=[N+]([O-])c1ccc(C(O)CCCCCCCCCBr)cc1. The fraction of sp³-hybridized carbons (Fsp3) is 0.625. The number of alkyl halides is 1. The van der Waals surface area contributed by atoms with Crippen LogP contribution >= 0.6 is 15.9 Å². The number of benzene rings is 1. The monoisotopic (exact) mass is 357 g/mol. The number of halogens is 1. The highest BCUT2D eigenvalue weighted by Crippen LogP contribution is 2.22. The van der Waals surface area contributed by atoms with E-state index in [9.17, 15) is 15.2 Å². The van der Waals surface area contributed by atoms with Gasteiger partial charge in [0, 0.05) is 17.5 Å². The predicted octanol–water partition coefficient (Wildman–Crippen LogP) is 5.14. The quantitative estimate of drug-likeness (QED) is 0.258. The van der Waals surface area contributed by atoms with Crippen molar-refractivity contribution in [1.29, 1.82) is 0 Å². The van der Waals surface area contributed by atoms with Crippen LogP contribution in [-0.4, -0.2) is 15.4 Å². The highest BCUT2D eigenvalue weighted by Gasteiger charge is 2.10. The maximum Gasteiger partial charge on any atom is 0.269 e. The number of aliphatic hydroxyl groups is 1. The van der Waals surface area contributed by atoms with Crippen LogP contribution in [0.5, 0.6) is 0 Å². The number of nitrogens with zero attached hydrogens (tertiary/aromatic N) is 1. The van der Waals surface area contributed by atoms with E-state index in [2.05, 4.69) is 15.9 Å². The van der Waals surface area contributed by atoms with E-state index in [1.165, 1.54) is 44.2 Å². The molecule has 0 aliphatic heterocycles. The van der Waals surface area contributed by atoms with Crippen molar-refractivity contribution in [3.8, 4) is 0 Å². The lowest BCUT2D eigenvalue weighted by molar-refractivity contribution is -0.384. The van der Waals surface area contributed by atoms with E-state index in [1.54, 1.807) is 12.1 Å². The van der Waals surface area contributed by atoms with Gasteiger partial charge in [-0.05, 0) is 30.5 Å². The number of nitro benzene ring substituents is 1. The lowest BCUT2D eigenvalue weighted by Crippen LogP contribution is -1.98. The second kappa shape index (κ2) is 10.7. The van der Waals surface area contributed by atoms with E-state index < -0.39 is 11.0 Å². The zero-order valence-electron chi connectivity index (χ0n) is 12.3. The molecule has 1 aromatic rings. The Morgan fingerprint density at radius 1 is 1.00 bits per heavy atom. The summed E-state index contributed by atoms with van der Waals surface area (Å²) in [5, 5.41) is 21.7. The summed E-state index contributed by atoms with van der Waals surface area (Å²) in [4.78, 5) is 10.1. The molecule has 0 saturated carbocycles. The van der Waals surface area contributed by atoms with Crippen LogP contribution in [0.25, 0.3) is 0 Å². The molecular weight excluding hydrogens is 334 g/mol. The van der Waals surface area contributed by atoms with Crippen LogP contribution in [0.2, 0.25) is 0 Å². The molecule has 1 aromatic carbocycles. The third-order valence-electron chi connectivity index (χ3n) is 3.60. The van der Waals surface area contributed by atoms with Gasteiger partial charge in [0.25, 0.3) is 5.69 Å². The van der Waals surface area contributed by atoms with Crippen LogP contribution in [0.3, 0.4) is 0 Å². The van der Waals surface area contributed by atoms with Gasteiger partial charge in [0.2, 0.25) is 0 Å². The topological polar surface area (TPSA) is 63.4 Å². The zero-order chi connectivity index (χ0) is 15.5. The standard InChI is InChI=1S/C16H24BrNO3/c17-13-7-5-3-1-2-4-6-8-16(19)14-9-11-15(12-10-14)18(20)21/h9-12,16,19H,1-8,13H2. The Bertz CT molecular complexity index is 408. The van der Waals surface area contributed by atoms with Gasteiger partial charge in [-0.2, -0.15) is 0 Å². The molecule has 1 atom stereocenters. The Morgan fingerprint density at radius 3 is 2.05 bits per heavy atom. The first-order valence-electron chi connectivity index (χ1n) is 7.63. The molecule has 1 unspecified atom stereocenters. The molecule has 21 heavy (non-hydrogen) atoms. The van der Waals surface area contributed by atoms with E-state index in [1.807, 2.05) is 0 Å². The molecule has 0 saturated heterocycles. The third-order valence-corrected chi connectivity index (χ3v) is 4.16. The lowest BCUT2D eigenvalue weighted by Gasteiger charge is -2.10. The van der Waals surface area contributed by atoms with E-state index in [-0.39, 0.29) is 5.69 Å². The summed E-state index contributed by atoms with van der Waals surface area (Å²) in [5.41, 5.74) is 0.826. The summed E-state index contributed by atoms with van der Waals surface area (Å²) in [6.45, 7) is 0. The van der Waals surface area contributed by atoms with Crippen LogP contribution in [0.1, 0.15) is 63.0 Å². The Hall–Kier alpha value is -0.940. The lowest BCUT2D eigenvalue weighted by atomic mass is 10.0. The second-order valence-electron chi connectivity index (χ2n) is 5.32. The summed E-state index contributed by atoms with van der Waals surface area (Å²) < 4.78 is 0. The summed E-state index contributed by atoms with van der Waals surface area (Å²) >= 11 is 3.43. The largest absolute Gasteiger partial charge is 0.388 e. The second-order valence-corrected chi connectivity index (χ2v) is 6.11. The van der Waals surface area contributed by atoms with Crippen molar-refractivity contribution in [2.24, 2.45) is 0 Å². The Kier molecular flexibility index (Phi) is 9.26. The van der Waals surface area contributed by atoms with E-state index in [0.717, 1.165) is 30.2 Å². The van der Waals surface area contributed by atoms with Crippen LogP contribution in [-0.2, 0) is 0 Å². The van der Waals surface area contributed by atoms with Crippen LogP contribution in [0.4, 0.5) is 5.69 Å². The van der Waals surface area contributed by atoms with Gasteiger partial charge in [-0.1, -0.05) is 54.5 Å². The molecule has 4 nitrogen and oxygen atoms in total. The molecule has 0 aliphatic rings. The van der Waals surface area contributed by atoms with Crippen LogP contribution < -0.4 is 0 Å². The molecular formula is C16H24BrNO3. The van der Waals surface area contributed by atoms with Gasteiger partial charge in [0.05, 0.1) is 11.0 Å². The Balaban J connectivity index is 2.15. The molecule has 0 fully saturated rings. The fourth-order valence-electron chi connectivity index (χ4n) is 2.30. The summed E-state index contributed by atoms with van der Waals surface area (Å²) in [6.07, 6.45) is 8.65. The average Bonchev–Trinajstić information content (AvgIpc) is 2.49. The molecule has 1 N–H and O–H groups in total. The number of hydrogen-bond donors (Lipinski definition) is 1. The van der Waals surface area contributed by atoms with Crippen molar-refractivity contribution in [1.82, 2.24) is 0 Å². The highest BCUT2D eigenvalue weighted by atomic mass is 79.9. The number of non-ortho nitro benzene ring substituents is 1. The summed E-state index contributed by atoms with van der Waals surface area (Å²) in [7, 11) is 0. The number of rotatable bonds is 11. The van der Waals surface area contributed by atoms with Gasteiger partial charge in [-0.15, -0.1) is 0 Å². The molecule has 0 bridgehead atoms. The average molecular weight is 358 g/mol. The van der Waals surface area contributed by atoms with Crippen molar-refractivity contribution < 1.29 is 10.0 Å². The minimum atomic E-state index is -0.515. The minimum absolute atomic E-state index is 0.0643. The summed E-state index contributed by atoms with van der Waals surface area (Å²) in [5.74, 6) is 0. The van der Waals surface area contributed by atoms with Gasteiger partial charge in [0.1, 0.15) is 0 Å². The van der Waals surface area contributed by atoms with E-state index in [4.69, 9.17) is 0 Å². The normalized spacial score (nSPS) is 12.3. The number of hydrogen-bond acceptors (Lipinski definition) is 3. The first-order chi connectivity index (χ1) is 10.1. The molecule has 0 spiro atoms. The zero-order valence-corrected chi connectivity index (χ0v) is 13.9. The third kappa shape index (κ3) is 7.58. The Labute approximate surface area is 134 Å². The van der Waals surface area contributed by atoms with Gasteiger partial charge < -0.3 is 5.11 Å². The van der Waals surface area contributed by atoms with Gasteiger partial charge in [-0.3, -0.25) is 10.1 Å². The molecule has 0 aromatic heterocycles. The molecule has 0 amide bonds. The van der Waals surface area contributed by atoms with Crippen molar-refractivity contribution >= 4 is 21.6 Å². The van der Waals surface area contributed by atoms with Crippen LogP contribution in [0.15, 0.2) is 24.3 Å². The van der Waals surface area contributed by atoms with Gasteiger partial charge in [-0.25, -0.2) is 0 Å². The maximum atomic E-state index is 10.6. The van der Waals surface area contributed by atoms with Gasteiger partial charge in [0.15, 0.2) is 0 Å². The molecule has 5 heteroatoms. The highest BCUT2D eigenvalue weighted by molar-refractivity contribution is 9.09. The minimum Gasteiger partial charge on any atom is -0.388 e. The molecule has 0 radical (unpaired) electrons. The molecule has 1 rings (SSSR count). The van der Waals surface area contributed by atoms with Crippen molar-refractivity contribution in [2.45, 2.75) is 57.5 Å². The number of unbranched alkanes of at least 4 members (excludes halogenated alkanes) is 6. The predicted molar refractivity (Wildman–Crippen MR) is 88.8 cm³/mol. The number of nitro groups is 1. The maximum absolute atomic E-state index is 10.6. The van der Waals surface area contributed by atoms with E-state index in [0.29, 0.717) is 0 Å². The first-order valence-corrected chi connectivity index (χ1v) is 8.75. The van der Waals surface area contributed by atoms with Crippen molar-refractivity contribution in [2.75, 3.05) is 5.33 Å². The smallest absolute Gasteiger partial charge is 0.269 e. The van der Waals surface area contributed by atoms with Gasteiger partial charge >= 0.3 is 0 Å². The summed E-state index contributed by atoms with van der Waals surface area (Å²) in [6, 6.07) is 6.18. The van der Waals surface area contributed by atoms with Crippen molar-refractivity contribution in [3.63, 3.8) is 0 Å². The van der Waals surface area contributed by atoms with E-state index >= 15 is 0 Å². The fourth-order valence-corrected chi connectivity index (χ4v) is 2.70. The first kappa shape index (κ1) is 18.1. The molecule has 0 aliphatic carbocycles.